The Kier molecular flexibility index (Phi) is 5.33. The minimum Gasteiger partial charge on any atom is -0.495 e. The van der Waals surface area contributed by atoms with Crippen LogP contribution < -0.4 is 24.8 Å². The molecule has 25 heavy (non-hydrogen) atoms. The highest BCUT2D eigenvalue weighted by Crippen LogP contribution is 2.38. The van der Waals surface area contributed by atoms with Gasteiger partial charge in [0.25, 0.3) is 0 Å². The fourth-order valence-electron chi connectivity index (χ4n) is 2.46. The number of para-hydroxylation sites is 2. The molecule has 1 atom stereocenters. The van der Waals surface area contributed by atoms with Crippen LogP contribution in [0.1, 0.15) is 6.92 Å². The molecule has 1 heterocycles. The number of nitrogens with one attached hydrogen (secondary N) is 2. The van der Waals surface area contributed by atoms with Gasteiger partial charge in [0.2, 0.25) is 5.91 Å². The number of ether oxygens (including phenoxy) is 3. The van der Waals surface area contributed by atoms with Gasteiger partial charge in [0.1, 0.15) is 25.0 Å². The second-order valence-corrected chi connectivity index (χ2v) is 6.39. The van der Waals surface area contributed by atoms with Crippen molar-refractivity contribution in [2.24, 2.45) is 0 Å². The highest BCUT2D eigenvalue weighted by molar-refractivity contribution is 9.10. The van der Waals surface area contributed by atoms with E-state index < -0.39 is 6.04 Å². The van der Waals surface area contributed by atoms with Crippen molar-refractivity contribution in [3.8, 4) is 17.2 Å². The minimum atomic E-state index is -0.469. The second kappa shape index (κ2) is 7.65. The molecule has 6 nitrogen and oxygen atoms in total. The summed E-state index contributed by atoms with van der Waals surface area (Å²) in [6.45, 7) is 2.83. The van der Waals surface area contributed by atoms with Gasteiger partial charge in [-0.3, -0.25) is 4.79 Å². The van der Waals surface area contributed by atoms with Gasteiger partial charge in [-0.15, -0.1) is 0 Å². The minimum absolute atomic E-state index is 0.175. The molecule has 0 aliphatic carbocycles. The van der Waals surface area contributed by atoms with Crippen LogP contribution >= 0.6 is 15.9 Å². The molecule has 3 rings (SSSR count). The van der Waals surface area contributed by atoms with Crippen LogP contribution in [-0.4, -0.2) is 32.3 Å². The zero-order valence-electron chi connectivity index (χ0n) is 14.0. The van der Waals surface area contributed by atoms with Crippen LogP contribution in [0.25, 0.3) is 0 Å². The van der Waals surface area contributed by atoms with Crippen LogP contribution in [0, 0.1) is 0 Å². The Labute approximate surface area is 154 Å². The van der Waals surface area contributed by atoms with Gasteiger partial charge in [0, 0.05) is 16.6 Å². The molecule has 1 aliphatic rings. The predicted octanol–water partition coefficient (Wildman–Crippen LogP) is 3.67. The molecule has 7 heteroatoms. The Morgan fingerprint density at radius 1 is 1.16 bits per heavy atom. The summed E-state index contributed by atoms with van der Waals surface area (Å²) in [4.78, 5) is 12.5. The van der Waals surface area contributed by atoms with E-state index in [-0.39, 0.29) is 5.91 Å². The Morgan fingerprint density at radius 2 is 1.84 bits per heavy atom. The van der Waals surface area contributed by atoms with E-state index in [0.29, 0.717) is 36.1 Å². The lowest BCUT2D eigenvalue weighted by atomic mass is 10.2. The Morgan fingerprint density at radius 3 is 2.56 bits per heavy atom. The van der Waals surface area contributed by atoms with Crippen molar-refractivity contribution < 1.29 is 19.0 Å². The molecule has 2 aromatic carbocycles. The van der Waals surface area contributed by atoms with E-state index in [1.165, 1.54) is 0 Å². The quantitative estimate of drug-likeness (QED) is 0.792. The number of carbonyl (C=O) groups is 1. The molecular weight excluding hydrogens is 388 g/mol. The topological polar surface area (TPSA) is 68.8 Å². The molecule has 0 saturated heterocycles. The fourth-order valence-corrected chi connectivity index (χ4v) is 2.90. The molecule has 0 radical (unpaired) electrons. The standard InChI is InChI=1S/C18H19BrN2O4/c1-11(18(22)21-13-5-3-4-6-15(13)23-2)20-14-10-17-16(9-12(14)19)24-7-8-25-17/h3-6,9-11,20H,7-8H2,1-2H3,(H,21,22)/t11-/m0/s1. The third-order valence-electron chi connectivity index (χ3n) is 3.76. The first-order chi connectivity index (χ1) is 12.1. The van der Waals surface area contributed by atoms with Gasteiger partial charge in [-0.25, -0.2) is 0 Å². The molecule has 1 amide bonds. The van der Waals surface area contributed by atoms with Crippen molar-refractivity contribution in [1.29, 1.82) is 0 Å². The number of amides is 1. The number of hydrogen-bond donors (Lipinski definition) is 2. The zero-order chi connectivity index (χ0) is 17.8. The lowest BCUT2D eigenvalue weighted by molar-refractivity contribution is -0.116. The van der Waals surface area contributed by atoms with Crippen LogP contribution in [0.3, 0.4) is 0 Å². The van der Waals surface area contributed by atoms with Crippen LogP contribution in [0.5, 0.6) is 17.2 Å². The Balaban J connectivity index is 1.71. The number of benzene rings is 2. The molecular formula is C18H19BrN2O4. The first-order valence-corrected chi connectivity index (χ1v) is 8.67. The summed E-state index contributed by atoms with van der Waals surface area (Å²) in [6.07, 6.45) is 0. The summed E-state index contributed by atoms with van der Waals surface area (Å²) < 4.78 is 17.2. The zero-order valence-corrected chi connectivity index (χ0v) is 15.6. The highest BCUT2D eigenvalue weighted by atomic mass is 79.9. The van der Waals surface area contributed by atoms with E-state index in [4.69, 9.17) is 14.2 Å². The van der Waals surface area contributed by atoms with Crippen molar-refractivity contribution in [3.05, 3.63) is 40.9 Å². The molecule has 0 bridgehead atoms. The summed E-state index contributed by atoms with van der Waals surface area (Å²) in [5.74, 6) is 1.79. The van der Waals surface area contributed by atoms with Crippen molar-refractivity contribution in [2.75, 3.05) is 31.0 Å². The van der Waals surface area contributed by atoms with Crippen molar-refractivity contribution in [1.82, 2.24) is 0 Å². The third kappa shape index (κ3) is 3.99. The molecule has 2 N–H and O–H groups in total. The number of fused-ring (bicyclic) bond motifs is 1. The molecule has 1 aliphatic heterocycles. The smallest absolute Gasteiger partial charge is 0.246 e. The SMILES string of the molecule is COc1ccccc1NC(=O)[C@H](C)Nc1cc2c(cc1Br)OCCO2. The monoisotopic (exact) mass is 406 g/mol. The molecule has 0 spiro atoms. The third-order valence-corrected chi connectivity index (χ3v) is 4.42. The number of halogens is 1. The maximum Gasteiger partial charge on any atom is 0.246 e. The molecule has 0 aromatic heterocycles. The number of hydrogen-bond acceptors (Lipinski definition) is 5. The fraction of sp³-hybridized carbons (Fsp3) is 0.278. The first-order valence-electron chi connectivity index (χ1n) is 7.88. The van der Waals surface area contributed by atoms with Gasteiger partial charge >= 0.3 is 0 Å². The second-order valence-electron chi connectivity index (χ2n) is 5.53. The predicted molar refractivity (Wildman–Crippen MR) is 99.8 cm³/mol. The molecule has 132 valence electrons. The van der Waals surface area contributed by atoms with E-state index in [2.05, 4.69) is 26.6 Å². The summed E-state index contributed by atoms with van der Waals surface area (Å²) in [5.41, 5.74) is 1.39. The van der Waals surface area contributed by atoms with E-state index in [9.17, 15) is 4.79 Å². The van der Waals surface area contributed by atoms with Gasteiger partial charge in [-0.1, -0.05) is 12.1 Å². The normalized spacial score (nSPS) is 13.7. The van der Waals surface area contributed by atoms with Crippen molar-refractivity contribution in [3.63, 3.8) is 0 Å². The summed E-state index contributed by atoms with van der Waals surface area (Å²) in [7, 11) is 1.57. The van der Waals surface area contributed by atoms with Crippen molar-refractivity contribution in [2.45, 2.75) is 13.0 Å². The van der Waals surface area contributed by atoms with E-state index >= 15 is 0 Å². The van der Waals surface area contributed by atoms with Gasteiger partial charge in [0.05, 0.1) is 18.5 Å². The lowest BCUT2D eigenvalue weighted by Crippen LogP contribution is -2.32. The van der Waals surface area contributed by atoms with E-state index in [0.717, 1.165) is 10.2 Å². The van der Waals surface area contributed by atoms with Gasteiger partial charge in [-0.05, 0) is 35.0 Å². The number of rotatable bonds is 5. The molecule has 0 saturated carbocycles. The Bertz CT molecular complexity index is 782. The highest BCUT2D eigenvalue weighted by Gasteiger charge is 2.19. The first kappa shape index (κ1) is 17.4. The van der Waals surface area contributed by atoms with E-state index in [1.807, 2.05) is 24.3 Å². The molecule has 0 unspecified atom stereocenters. The lowest BCUT2D eigenvalue weighted by Gasteiger charge is -2.22. The number of carbonyl (C=O) groups excluding carboxylic acids is 1. The van der Waals surface area contributed by atoms with Gasteiger partial charge < -0.3 is 24.8 Å². The van der Waals surface area contributed by atoms with Crippen LogP contribution in [0.15, 0.2) is 40.9 Å². The summed E-state index contributed by atoms with van der Waals surface area (Å²) in [5, 5.41) is 6.05. The van der Waals surface area contributed by atoms with Crippen molar-refractivity contribution >= 4 is 33.2 Å². The molecule has 0 fully saturated rings. The Hall–Kier alpha value is -2.41. The number of methoxy groups -OCH3 is 1. The number of anilines is 2. The van der Waals surface area contributed by atoms with Crippen LogP contribution in [-0.2, 0) is 4.79 Å². The van der Waals surface area contributed by atoms with Gasteiger partial charge in [-0.2, -0.15) is 0 Å². The maximum absolute atomic E-state index is 12.5. The summed E-state index contributed by atoms with van der Waals surface area (Å²) in [6, 6.07) is 10.5. The average molecular weight is 407 g/mol. The molecule has 2 aromatic rings. The largest absolute Gasteiger partial charge is 0.495 e. The summed E-state index contributed by atoms with van der Waals surface area (Å²) >= 11 is 3.49. The van der Waals surface area contributed by atoms with E-state index in [1.54, 1.807) is 26.2 Å². The maximum atomic E-state index is 12.5. The van der Waals surface area contributed by atoms with Crippen LogP contribution in [0.2, 0.25) is 0 Å². The van der Waals surface area contributed by atoms with Crippen LogP contribution in [0.4, 0.5) is 11.4 Å². The van der Waals surface area contributed by atoms with Gasteiger partial charge in [0.15, 0.2) is 11.5 Å². The average Bonchev–Trinajstić information content (AvgIpc) is 2.62.